The third-order valence-corrected chi connectivity index (χ3v) is 16.9. The number of primary amides is 1. The highest BCUT2D eigenvalue weighted by molar-refractivity contribution is 6.00. The van der Waals surface area contributed by atoms with E-state index < -0.39 is 193 Å². The molecule has 1 heterocycles. The lowest BCUT2D eigenvalue weighted by atomic mass is 9.85. The Morgan fingerprint density at radius 3 is 1.80 bits per heavy atom. The molecule has 0 aromatic heterocycles. The Labute approximate surface area is 564 Å². The van der Waals surface area contributed by atoms with Gasteiger partial charge in [-0.2, -0.15) is 0 Å². The normalized spacial score (nSPS) is 24.8. The van der Waals surface area contributed by atoms with E-state index in [-0.39, 0.29) is 56.6 Å². The van der Waals surface area contributed by atoms with E-state index in [0.29, 0.717) is 6.42 Å². The summed E-state index contributed by atoms with van der Waals surface area (Å²) in [6.07, 6.45) is -3.25. The van der Waals surface area contributed by atoms with Crippen LogP contribution >= 0.6 is 0 Å². The molecule has 97 heavy (non-hydrogen) atoms. The molecule has 0 spiro atoms. The summed E-state index contributed by atoms with van der Waals surface area (Å²) in [6.45, 7) is 8.34. The van der Waals surface area contributed by atoms with Crippen molar-refractivity contribution in [3.05, 3.63) is 71.8 Å². The first-order valence-corrected chi connectivity index (χ1v) is 32.9. The molecular weight excluding hydrogens is 1260 g/mol. The third kappa shape index (κ3) is 25.9. The molecule has 4 rings (SSSR count). The lowest BCUT2D eigenvalue weighted by Gasteiger charge is -2.33. The van der Waals surface area contributed by atoms with Crippen LogP contribution in [0.1, 0.15) is 136 Å². The Kier molecular flexibility index (Phi) is 33.2. The van der Waals surface area contributed by atoms with Crippen molar-refractivity contribution in [3.63, 3.8) is 0 Å². The van der Waals surface area contributed by atoms with E-state index in [1.165, 1.54) is 44.2 Å². The van der Waals surface area contributed by atoms with Crippen molar-refractivity contribution in [3.8, 4) is 0 Å². The van der Waals surface area contributed by atoms with Crippen molar-refractivity contribution < 1.29 is 82.7 Å². The minimum absolute atomic E-state index is 0.0129. The number of esters is 1. The predicted octanol–water partition coefficient (Wildman–Crippen LogP) is -3.71. The van der Waals surface area contributed by atoms with Gasteiger partial charge in [-0.25, -0.2) is 4.79 Å². The van der Waals surface area contributed by atoms with Gasteiger partial charge in [0.25, 0.3) is 0 Å². The second-order valence-corrected chi connectivity index (χ2v) is 25.6. The van der Waals surface area contributed by atoms with Crippen LogP contribution in [0.15, 0.2) is 60.7 Å². The number of hydrogen-bond donors (Lipinski definition) is 19. The minimum Gasteiger partial charge on any atom is -0.453 e. The van der Waals surface area contributed by atoms with Crippen LogP contribution in [0.4, 0.5) is 0 Å². The summed E-state index contributed by atoms with van der Waals surface area (Å²) in [7, 11) is 0. The number of nitrogens with one attached hydrogen (secondary N) is 12. The summed E-state index contributed by atoms with van der Waals surface area (Å²) < 4.78 is 6.01. The number of ether oxygens (including phenoxy) is 1. The summed E-state index contributed by atoms with van der Waals surface area (Å²) in [4.78, 5) is 172. The van der Waals surface area contributed by atoms with Gasteiger partial charge in [0.2, 0.25) is 65.0 Å². The maximum Gasteiger partial charge on any atom is 0.331 e. The van der Waals surface area contributed by atoms with E-state index >= 15 is 14.4 Å². The molecule has 1 aliphatic heterocycles. The molecule has 1 aliphatic carbocycles. The molecule has 32 heteroatoms. The molecule has 0 bridgehead atoms. The topological polar surface area (TPSA) is 529 Å². The van der Waals surface area contributed by atoms with Gasteiger partial charge in [-0.1, -0.05) is 141 Å². The summed E-state index contributed by atoms with van der Waals surface area (Å²) in [5.41, 5.74) is 18.1. The average Bonchev–Trinajstić information content (AvgIpc) is 0.824. The SMILES string of the molecule is CC[C@H](C)[C@@H]1NC(=O)[C@@H](CCCNC(=N)N)NC(=O)[C@H](CC(C)C)NC(=O)[C@H]([C@H](O)C(C)C)NC(=O)[C@@H](NC(=O)[C@H](CCc2ccccc2)NC(=O)[C@@H](N)CC2CCCCC2)[C@@H](c2ccccc2)OC(=O)[C@H](CO)NC(=O)[C@H]([C@H](O)C(N)=O)NC(=O)CNC(=O)[C@H]([C@H](C)O)NC1=O. The number of aliphatic hydroxyl groups excluding tert-OH is 4. The standard InChI is InChI=1S/C65H101N15O17/c1-8-35(6)46-60(92)78-47(36(7)82)59(91)71-31-45(83)76-49(52(85)54(67)86)62(94)75-44(32-81)64(96)97-53(39-23-16-11-17-24-39)50(80-57(89)42(27-26-37-19-12-9-13-20-37)72-55(87)40(66)30-38-21-14-10-15-22-38)63(95)79-48(51(84)34(4)5)61(93)74-43(29-33(2)3)58(90)73-41(56(88)77-46)25-18-28-70-65(68)69/h9,11-13,16-17,19-20,23-24,33-36,38,40-44,46-53,81-82,84-85H,8,10,14-15,18,21-22,25-32,66H2,1-7H3,(H2,67,86)(H,71,91)(H,72,87)(H,73,90)(H,74,93)(H,75,94)(H,76,83)(H,77,88)(H,78,92)(H,79,95)(H,80,89)(H4,68,69,70)/t35-,36-,40-,41+,42-,43-,44-,46-,47-,48-,49-,50-,51+,52-,53+/m0/s1. The number of benzene rings is 2. The fraction of sp³-hybridized carbons (Fsp3) is 0.615. The lowest BCUT2D eigenvalue weighted by molar-refractivity contribution is -0.159. The van der Waals surface area contributed by atoms with E-state index in [0.717, 1.165) is 44.6 Å². The molecule has 1 saturated heterocycles. The number of cyclic esters (lactones) is 1. The van der Waals surface area contributed by atoms with Crippen LogP contribution in [0.25, 0.3) is 0 Å². The average molecular weight is 1360 g/mol. The predicted molar refractivity (Wildman–Crippen MR) is 352 cm³/mol. The Bertz CT molecular complexity index is 2990. The maximum atomic E-state index is 15.6. The number of rotatable bonds is 24. The highest BCUT2D eigenvalue weighted by Crippen LogP contribution is 2.28. The molecule has 2 fully saturated rings. The van der Waals surface area contributed by atoms with Crippen molar-refractivity contribution in [2.45, 2.75) is 210 Å². The Balaban J connectivity index is 1.98. The smallest absolute Gasteiger partial charge is 0.331 e. The zero-order valence-corrected chi connectivity index (χ0v) is 56.1. The zero-order valence-electron chi connectivity index (χ0n) is 56.1. The van der Waals surface area contributed by atoms with Crippen molar-refractivity contribution in [1.82, 2.24) is 58.5 Å². The van der Waals surface area contributed by atoms with Crippen molar-refractivity contribution in [1.29, 1.82) is 5.41 Å². The lowest BCUT2D eigenvalue weighted by Crippen LogP contribution is -2.64. The molecular formula is C65H101N15O17. The summed E-state index contributed by atoms with van der Waals surface area (Å²) >= 11 is 0. The molecule has 538 valence electrons. The molecule has 1 saturated carbocycles. The van der Waals surface area contributed by atoms with Gasteiger partial charge in [-0.15, -0.1) is 0 Å². The van der Waals surface area contributed by atoms with Crippen LogP contribution in [-0.2, 0) is 68.7 Å². The summed E-state index contributed by atoms with van der Waals surface area (Å²) in [5.74, 6) is -16.8. The number of guanidine groups is 1. The second kappa shape index (κ2) is 40.0. The molecule has 2 aromatic rings. The quantitative estimate of drug-likeness (QED) is 0.0208. The van der Waals surface area contributed by atoms with E-state index in [2.05, 4.69) is 53.2 Å². The molecule has 0 unspecified atom stereocenters. The molecule has 11 amide bonds. The monoisotopic (exact) mass is 1360 g/mol. The summed E-state index contributed by atoms with van der Waals surface area (Å²) in [6, 6.07) is -1.94. The number of carbonyl (C=O) groups is 12. The van der Waals surface area contributed by atoms with Gasteiger partial charge in [-0.05, 0) is 80.2 Å². The fourth-order valence-electron chi connectivity index (χ4n) is 11.1. The molecule has 0 radical (unpaired) electrons. The third-order valence-electron chi connectivity index (χ3n) is 16.9. The molecule has 32 nitrogen and oxygen atoms in total. The van der Waals surface area contributed by atoms with Gasteiger partial charge in [0.1, 0.15) is 48.3 Å². The van der Waals surface area contributed by atoms with Gasteiger partial charge in [-0.3, -0.25) is 58.1 Å². The highest BCUT2D eigenvalue weighted by Gasteiger charge is 2.44. The van der Waals surface area contributed by atoms with E-state index in [9.17, 15) is 63.6 Å². The maximum absolute atomic E-state index is 15.6. The first-order valence-electron chi connectivity index (χ1n) is 32.9. The van der Waals surface area contributed by atoms with Crippen LogP contribution in [-0.4, -0.2) is 196 Å². The molecule has 15 atom stereocenters. The van der Waals surface area contributed by atoms with Gasteiger partial charge in [0.05, 0.1) is 31.4 Å². The van der Waals surface area contributed by atoms with Crippen LogP contribution in [0.5, 0.6) is 0 Å². The zero-order chi connectivity index (χ0) is 72.2. The molecule has 2 aromatic carbocycles. The van der Waals surface area contributed by atoms with Crippen LogP contribution in [0.3, 0.4) is 0 Å². The van der Waals surface area contributed by atoms with Crippen molar-refractivity contribution in [2.24, 2.45) is 40.9 Å². The van der Waals surface area contributed by atoms with Crippen molar-refractivity contribution in [2.75, 3.05) is 19.7 Å². The van der Waals surface area contributed by atoms with Gasteiger partial charge < -0.3 is 101 Å². The number of carbonyl (C=O) groups excluding carboxylic acids is 12. The van der Waals surface area contributed by atoms with E-state index in [1.807, 2.05) is 5.32 Å². The fourth-order valence-corrected chi connectivity index (χ4v) is 11.1. The first kappa shape index (κ1) is 80.6. The van der Waals surface area contributed by atoms with Gasteiger partial charge in [0, 0.05) is 6.54 Å². The van der Waals surface area contributed by atoms with Crippen LogP contribution < -0.4 is 75.7 Å². The van der Waals surface area contributed by atoms with E-state index in [4.69, 9.17) is 27.3 Å². The number of aryl methyl sites for hydroxylation is 1. The molecule has 22 N–H and O–H groups in total. The van der Waals surface area contributed by atoms with Crippen molar-refractivity contribution >= 4 is 76.9 Å². The van der Waals surface area contributed by atoms with Gasteiger partial charge in [0.15, 0.2) is 24.2 Å². The highest BCUT2D eigenvalue weighted by atomic mass is 16.5. The van der Waals surface area contributed by atoms with Crippen LogP contribution in [0.2, 0.25) is 0 Å². The molecule has 2 aliphatic rings. The van der Waals surface area contributed by atoms with Gasteiger partial charge >= 0.3 is 5.97 Å². The number of hydrogen-bond acceptors (Lipinski definition) is 19. The Morgan fingerprint density at radius 2 is 1.23 bits per heavy atom. The second-order valence-electron chi connectivity index (χ2n) is 25.6. The Morgan fingerprint density at radius 1 is 0.660 bits per heavy atom. The Hall–Kier alpha value is -8.85. The summed E-state index contributed by atoms with van der Waals surface area (Å²) in [5, 5.41) is 79.0. The first-order chi connectivity index (χ1) is 45.9. The number of amides is 11. The largest absolute Gasteiger partial charge is 0.453 e. The van der Waals surface area contributed by atoms with Crippen LogP contribution in [0, 0.1) is 29.1 Å². The van der Waals surface area contributed by atoms with E-state index in [1.54, 1.807) is 58.0 Å². The number of aliphatic hydroxyl groups is 4. The number of nitrogens with two attached hydrogens (primary N) is 3. The minimum atomic E-state index is -2.58.